The van der Waals surface area contributed by atoms with Gasteiger partial charge >= 0.3 is 59.1 Å². The monoisotopic (exact) mass is 494 g/mol. The largest absolute Gasteiger partial charge is 1.00 e. The zero-order valence-corrected chi connectivity index (χ0v) is 23.3. The summed E-state index contributed by atoms with van der Waals surface area (Å²) in [6.45, 7) is 0. The SMILES string of the molecule is O=C([O-])C(C(C(=O)[O-])(c1cccc2ccccc12)c1cccc2ccccc12)S(=O)(=O)O.[Na+].[Na+]. The predicted molar refractivity (Wildman–Crippen MR) is 114 cm³/mol. The molecule has 0 heterocycles. The topological polar surface area (TPSA) is 135 Å². The van der Waals surface area contributed by atoms with Crippen molar-refractivity contribution >= 4 is 43.6 Å². The summed E-state index contributed by atoms with van der Waals surface area (Å²) in [5.41, 5.74) is -3.13. The molecular formula is C24H16Na2O7S. The second-order valence-corrected chi connectivity index (χ2v) is 8.86. The third-order valence-corrected chi connectivity index (χ3v) is 6.80. The summed E-state index contributed by atoms with van der Waals surface area (Å²) in [5, 5.41) is 23.9. The standard InChI is InChI=1S/C24H18O7S.2Na/c25-22(26)21(32(29,30)31)24(23(27)28,19-13-5-9-15-7-1-3-11-17(15)19)20-14-6-10-16-8-2-4-12-18(16)20;;/h1-14,21H,(H,25,26)(H,27,28)(H,29,30,31);;/q;2*+1/p-2. The number of aliphatic carboxylic acids is 2. The molecule has 0 spiro atoms. The van der Waals surface area contributed by atoms with Crippen molar-refractivity contribution in [2.75, 3.05) is 0 Å². The van der Waals surface area contributed by atoms with Crippen LogP contribution in [0.1, 0.15) is 11.1 Å². The number of hydrogen-bond donors (Lipinski definition) is 1. The van der Waals surface area contributed by atoms with Gasteiger partial charge in [0.15, 0.2) is 0 Å². The van der Waals surface area contributed by atoms with Crippen LogP contribution in [0.4, 0.5) is 0 Å². The molecular weight excluding hydrogens is 478 g/mol. The van der Waals surface area contributed by atoms with Crippen LogP contribution < -0.4 is 69.3 Å². The number of carboxylic acids is 2. The second-order valence-electron chi connectivity index (χ2n) is 7.36. The third-order valence-electron chi connectivity index (χ3n) is 5.66. The van der Waals surface area contributed by atoms with Gasteiger partial charge in [-0.15, -0.1) is 0 Å². The molecule has 0 bridgehead atoms. The van der Waals surface area contributed by atoms with Crippen LogP contribution in [-0.2, 0) is 25.1 Å². The molecule has 0 aliphatic heterocycles. The van der Waals surface area contributed by atoms with Crippen molar-refractivity contribution < 1.29 is 91.9 Å². The molecule has 4 aromatic rings. The van der Waals surface area contributed by atoms with Gasteiger partial charge in [0.25, 0.3) is 10.1 Å². The van der Waals surface area contributed by atoms with E-state index in [1.165, 1.54) is 24.3 Å². The number of fused-ring (bicyclic) bond motifs is 2. The molecule has 0 radical (unpaired) electrons. The van der Waals surface area contributed by atoms with Crippen molar-refractivity contribution in [3.63, 3.8) is 0 Å². The molecule has 0 aromatic heterocycles. The van der Waals surface area contributed by atoms with Gasteiger partial charge in [-0.25, -0.2) is 0 Å². The third kappa shape index (κ3) is 4.69. The summed E-state index contributed by atoms with van der Waals surface area (Å²) in [6.07, 6.45) is 0. The Bertz CT molecular complexity index is 1400. The Morgan fingerprint density at radius 2 is 1.09 bits per heavy atom. The first-order valence-corrected chi connectivity index (χ1v) is 11.0. The van der Waals surface area contributed by atoms with Gasteiger partial charge < -0.3 is 19.8 Å². The van der Waals surface area contributed by atoms with Gasteiger partial charge in [-0.1, -0.05) is 84.9 Å². The van der Waals surface area contributed by atoms with E-state index in [4.69, 9.17) is 0 Å². The van der Waals surface area contributed by atoms with Crippen LogP contribution in [0.2, 0.25) is 0 Å². The normalized spacial score (nSPS) is 12.4. The molecule has 7 nitrogen and oxygen atoms in total. The molecule has 34 heavy (non-hydrogen) atoms. The molecule has 0 fully saturated rings. The van der Waals surface area contributed by atoms with Crippen molar-refractivity contribution in [3.8, 4) is 0 Å². The molecule has 1 atom stereocenters. The first kappa shape index (κ1) is 28.5. The number of benzene rings is 4. The van der Waals surface area contributed by atoms with Gasteiger partial charge in [0.05, 0.1) is 17.4 Å². The van der Waals surface area contributed by atoms with Crippen LogP contribution in [0.15, 0.2) is 84.9 Å². The Labute approximate surface area is 240 Å². The molecule has 162 valence electrons. The molecule has 4 aromatic carbocycles. The fraction of sp³-hybridized carbons (Fsp3) is 0.0833. The van der Waals surface area contributed by atoms with Crippen LogP contribution in [0.25, 0.3) is 21.5 Å². The van der Waals surface area contributed by atoms with Gasteiger partial charge in [-0.3, -0.25) is 4.55 Å². The summed E-state index contributed by atoms with van der Waals surface area (Å²) < 4.78 is 34.7. The average molecular weight is 494 g/mol. The van der Waals surface area contributed by atoms with Crippen LogP contribution in [0, 0.1) is 0 Å². The zero-order chi connectivity index (χ0) is 23.1. The molecule has 0 amide bonds. The van der Waals surface area contributed by atoms with Crippen molar-refractivity contribution in [1.29, 1.82) is 0 Å². The van der Waals surface area contributed by atoms with Gasteiger partial charge in [0.2, 0.25) is 0 Å². The van der Waals surface area contributed by atoms with Crippen LogP contribution in [-0.4, -0.2) is 30.2 Å². The maximum Gasteiger partial charge on any atom is 1.00 e. The summed E-state index contributed by atoms with van der Waals surface area (Å²) in [5.74, 6) is -4.27. The number of hydrogen-bond acceptors (Lipinski definition) is 6. The van der Waals surface area contributed by atoms with E-state index in [0.717, 1.165) is 0 Å². The van der Waals surface area contributed by atoms with E-state index < -0.39 is 32.7 Å². The predicted octanol–water partition coefficient (Wildman–Crippen LogP) is -4.96. The van der Waals surface area contributed by atoms with Crippen molar-refractivity contribution in [1.82, 2.24) is 0 Å². The quantitative estimate of drug-likeness (QED) is 0.210. The van der Waals surface area contributed by atoms with Crippen molar-refractivity contribution in [2.45, 2.75) is 10.7 Å². The van der Waals surface area contributed by atoms with Crippen molar-refractivity contribution in [3.05, 3.63) is 96.1 Å². The fourth-order valence-corrected chi connectivity index (χ4v) is 5.45. The van der Waals surface area contributed by atoms with E-state index in [1.54, 1.807) is 60.7 Å². The van der Waals surface area contributed by atoms with Crippen LogP contribution in [0.3, 0.4) is 0 Å². The second kappa shape index (κ2) is 10.9. The van der Waals surface area contributed by atoms with E-state index in [9.17, 15) is 32.8 Å². The van der Waals surface area contributed by atoms with Crippen molar-refractivity contribution in [2.24, 2.45) is 0 Å². The number of carboxylic acid groups (broad SMARTS) is 2. The minimum atomic E-state index is -5.48. The summed E-state index contributed by atoms with van der Waals surface area (Å²) in [7, 11) is -5.48. The zero-order valence-electron chi connectivity index (χ0n) is 18.5. The van der Waals surface area contributed by atoms with E-state index in [-0.39, 0.29) is 70.2 Å². The van der Waals surface area contributed by atoms with E-state index in [1.807, 2.05) is 0 Å². The average Bonchev–Trinajstić information content (AvgIpc) is 2.75. The molecule has 10 heteroatoms. The number of carbonyl (C=O) groups is 2. The first-order valence-electron chi connectivity index (χ1n) is 9.54. The maximum absolute atomic E-state index is 12.9. The number of rotatable bonds is 6. The first-order chi connectivity index (χ1) is 15.2. The van der Waals surface area contributed by atoms with Gasteiger partial charge in [-0.05, 0) is 32.7 Å². The molecule has 0 saturated heterocycles. The van der Waals surface area contributed by atoms with Gasteiger partial charge in [0.1, 0.15) is 5.25 Å². The Morgan fingerprint density at radius 3 is 1.44 bits per heavy atom. The van der Waals surface area contributed by atoms with E-state index in [0.29, 0.717) is 21.5 Å². The van der Waals surface area contributed by atoms with E-state index in [2.05, 4.69) is 0 Å². The van der Waals surface area contributed by atoms with Gasteiger partial charge in [-0.2, -0.15) is 8.42 Å². The maximum atomic E-state index is 12.9. The molecule has 1 N–H and O–H groups in total. The Morgan fingerprint density at radius 1 is 0.706 bits per heavy atom. The van der Waals surface area contributed by atoms with Crippen LogP contribution in [0.5, 0.6) is 0 Å². The minimum absolute atomic E-state index is 0. The Kier molecular flexibility index (Phi) is 9.12. The molecule has 0 aliphatic rings. The van der Waals surface area contributed by atoms with E-state index >= 15 is 0 Å². The Balaban J connectivity index is 0.00000204. The summed E-state index contributed by atoms with van der Waals surface area (Å²) in [6, 6.07) is 22.0. The summed E-state index contributed by atoms with van der Waals surface area (Å²) >= 11 is 0. The van der Waals surface area contributed by atoms with Gasteiger partial charge in [0, 0.05) is 0 Å². The number of carbonyl (C=O) groups excluding carboxylic acids is 2. The molecule has 0 saturated carbocycles. The Hall–Kier alpha value is -1.75. The fourth-order valence-electron chi connectivity index (χ4n) is 4.41. The minimum Gasteiger partial charge on any atom is -0.549 e. The smallest absolute Gasteiger partial charge is 0.549 e. The molecule has 1 unspecified atom stereocenters. The molecule has 4 rings (SSSR count). The summed E-state index contributed by atoms with van der Waals surface area (Å²) in [4.78, 5) is 25.1. The van der Waals surface area contributed by atoms with Crippen LogP contribution >= 0.6 is 0 Å². The molecule has 0 aliphatic carbocycles.